The SMILES string of the molecule is FC(F)(F)c1ccccc1C1=CCn2nccc2N1c1nccs1. The lowest BCUT2D eigenvalue weighted by Crippen LogP contribution is -2.25. The maximum absolute atomic E-state index is 13.4. The zero-order valence-corrected chi connectivity index (χ0v) is 13.1. The molecular formula is C16H11F3N4S. The summed E-state index contributed by atoms with van der Waals surface area (Å²) in [7, 11) is 0. The lowest BCUT2D eigenvalue weighted by atomic mass is 10.0. The lowest BCUT2D eigenvalue weighted by Gasteiger charge is -2.30. The maximum atomic E-state index is 13.4. The van der Waals surface area contributed by atoms with Crippen LogP contribution in [0.4, 0.5) is 24.1 Å². The molecule has 8 heteroatoms. The molecule has 24 heavy (non-hydrogen) atoms. The third-order valence-corrected chi connectivity index (χ3v) is 4.50. The number of anilines is 2. The van der Waals surface area contributed by atoms with Gasteiger partial charge in [0.05, 0.1) is 24.0 Å². The van der Waals surface area contributed by atoms with E-state index in [-0.39, 0.29) is 5.56 Å². The Bertz CT molecular complexity index is 896. The van der Waals surface area contributed by atoms with Gasteiger partial charge in [-0.15, -0.1) is 11.3 Å². The minimum Gasteiger partial charge on any atom is -0.270 e. The van der Waals surface area contributed by atoms with Crippen molar-refractivity contribution < 1.29 is 13.2 Å². The minimum absolute atomic E-state index is 0.132. The zero-order chi connectivity index (χ0) is 16.7. The fraction of sp³-hybridized carbons (Fsp3) is 0.125. The van der Waals surface area contributed by atoms with E-state index in [4.69, 9.17) is 0 Å². The Kier molecular flexibility index (Phi) is 3.42. The molecule has 1 aliphatic heterocycles. The molecule has 0 spiro atoms. The van der Waals surface area contributed by atoms with Crippen molar-refractivity contribution in [1.29, 1.82) is 0 Å². The van der Waals surface area contributed by atoms with Crippen LogP contribution in [0, 0.1) is 0 Å². The third kappa shape index (κ3) is 2.39. The number of benzene rings is 1. The molecule has 2 aromatic heterocycles. The average molecular weight is 348 g/mol. The van der Waals surface area contributed by atoms with Gasteiger partial charge >= 0.3 is 6.18 Å². The van der Waals surface area contributed by atoms with E-state index in [2.05, 4.69) is 10.1 Å². The molecule has 0 radical (unpaired) electrons. The molecule has 0 unspecified atom stereocenters. The van der Waals surface area contributed by atoms with Gasteiger partial charge in [-0.2, -0.15) is 18.3 Å². The molecule has 0 saturated carbocycles. The first-order valence-electron chi connectivity index (χ1n) is 7.14. The highest BCUT2D eigenvalue weighted by molar-refractivity contribution is 7.13. The highest BCUT2D eigenvalue weighted by atomic mass is 32.1. The lowest BCUT2D eigenvalue weighted by molar-refractivity contribution is -0.137. The van der Waals surface area contributed by atoms with Gasteiger partial charge in [0.2, 0.25) is 0 Å². The van der Waals surface area contributed by atoms with E-state index in [1.165, 1.54) is 23.5 Å². The van der Waals surface area contributed by atoms with Crippen molar-refractivity contribution in [3.63, 3.8) is 0 Å². The van der Waals surface area contributed by atoms with Crippen LogP contribution >= 0.6 is 11.3 Å². The summed E-state index contributed by atoms with van der Waals surface area (Å²) in [6, 6.07) is 7.36. The fourth-order valence-electron chi connectivity index (χ4n) is 2.76. The summed E-state index contributed by atoms with van der Waals surface area (Å²) in [6.45, 7) is 0.408. The van der Waals surface area contributed by atoms with Crippen LogP contribution in [0.3, 0.4) is 0 Å². The van der Waals surface area contributed by atoms with Gasteiger partial charge < -0.3 is 0 Å². The Morgan fingerprint density at radius 2 is 1.92 bits per heavy atom. The molecule has 3 aromatic rings. The molecule has 3 heterocycles. The first kappa shape index (κ1) is 14.9. The van der Waals surface area contributed by atoms with E-state index in [0.29, 0.717) is 23.2 Å². The molecule has 0 aliphatic carbocycles. The Balaban J connectivity index is 1.91. The molecule has 0 bridgehead atoms. The topological polar surface area (TPSA) is 34.0 Å². The average Bonchev–Trinajstić information content (AvgIpc) is 3.24. The Morgan fingerprint density at radius 1 is 1.08 bits per heavy atom. The van der Waals surface area contributed by atoms with Crippen molar-refractivity contribution in [2.75, 3.05) is 4.90 Å². The van der Waals surface area contributed by atoms with E-state index in [1.807, 2.05) is 0 Å². The summed E-state index contributed by atoms with van der Waals surface area (Å²) in [5.41, 5.74) is -0.0655. The summed E-state index contributed by atoms with van der Waals surface area (Å²) >= 11 is 1.36. The van der Waals surface area contributed by atoms with Crippen molar-refractivity contribution in [2.24, 2.45) is 0 Å². The van der Waals surface area contributed by atoms with Crippen LogP contribution in [0.1, 0.15) is 11.1 Å². The van der Waals surface area contributed by atoms with E-state index in [1.54, 1.807) is 45.6 Å². The smallest absolute Gasteiger partial charge is 0.270 e. The second-order valence-corrected chi connectivity index (χ2v) is 6.03. The first-order chi connectivity index (χ1) is 11.6. The Hall–Kier alpha value is -2.61. The molecule has 0 atom stereocenters. The molecule has 122 valence electrons. The summed E-state index contributed by atoms with van der Waals surface area (Å²) in [5.74, 6) is 0.694. The quantitative estimate of drug-likeness (QED) is 0.681. The summed E-state index contributed by atoms with van der Waals surface area (Å²) < 4.78 is 42.0. The van der Waals surface area contributed by atoms with Gasteiger partial charge in [-0.1, -0.05) is 18.2 Å². The maximum Gasteiger partial charge on any atom is 0.417 e. The van der Waals surface area contributed by atoms with Gasteiger partial charge in [0, 0.05) is 23.2 Å². The number of fused-ring (bicyclic) bond motifs is 1. The van der Waals surface area contributed by atoms with Gasteiger partial charge in [0.15, 0.2) is 5.13 Å². The van der Waals surface area contributed by atoms with Crippen LogP contribution in [0.25, 0.3) is 5.70 Å². The second kappa shape index (κ2) is 5.48. The van der Waals surface area contributed by atoms with Crippen LogP contribution in [0.5, 0.6) is 0 Å². The van der Waals surface area contributed by atoms with Crippen molar-refractivity contribution in [2.45, 2.75) is 12.7 Å². The monoisotopic (exact) mass is 348 g/mol. The van der Waals surface area contributed by atoms with Crippen LogP contribution in [-0.2, 0) is 12.7 Å². The first-order valence-corrected chi connectivity index (χ1v) is 8.02. The predicted molar refractivity (Wildman–Crippen MR) is 85.9 cm³/mol. The summed E-state index contributed by atoms with van der Waals surface area (Å²) in [6.07, 6.45) is 0.570. The Morgan fingerprint density at radius 3 is 2.67 bits per heavy atom. The number of alkyl halides is 3. The fourth-order valence-corrected chi connectivity index (χ4v) is 3.42. The van der Waals surface area contributed by atoms with Gasteiger partial charge in [0.25, 0.3) is 0 Å². The van der Waals surface area contributed by atoms with E-state index < -0.39 is 11.7 Å². The molecule has 4 nitrogen and oxygen atoms in total. The van der Waals surface area contributed by atoms with E-state index in [9.17, 15) is 13.2 Å². The van der Waals surface area contributed by atoms with Crippen molar-refractivity contribution in [3.05, 3.63) is 65.3 Å². The summed E-state index contributed by atoms with van der Waals surface area (Å²) in [4.78, 5) is 5.98. The standard InChI is InChI=1S/C16H11F3N4S/c17-16(18,19)12-4-2-1-3-11(12)13-6-9-22-14(5-7-21-22)23(13)15-20-8-10-24-15/h1-8,10H,9H2. The Labute approximate surface area is 139 Å². The normalized spacial score (nSPS) is 14.5. The van der Waals surface area contributed by atoms with Crippen LogP contribution in [0.2, 0.25) is 0 Å². The second-order valence-electron chi connectivity index (χ2n) is 5.15. The van der Waals surface area contributed by atoms with Crippen LogP contribution < -0.4 is 4.90 Å². The number of allylic oxidation sites excluding steroid dienone is 1. The number of thiazole rings is 1. The minimum atomic E-state index is -4.43. The number of hydrogen-bond donors (Lipinski definition) is 0. The van der Waals surface area contributed by atoms with Gasteiger partial charge in [-0.05, 0) is 12.1 Å². The third-order valence-electron chi connectivity index (χ3n) is 3.74. The summed E-state index contributed by atoms with van der Waals surface area (Å²) in [5, 5.41) is 6.59. The molecule has 1 aliphatic rings. The molecule has 0 amide bonds. The molecule has 0 fully saturated rings. The number of nitrogens with zero attached hydrogens (tertiary/aromatic N) is 4. The molecule has 0 N–H and O–H groups in total. The predicted octanol–water partition coefficient (Wildman–Crippen LogP) is 4.55. The van der Waals surface area contributed by atoms with Crippen LogP contribution in [-0.4, -0.2) is 14.8 Å². The zero-order valence-electron chi connectivity index (χ0n) is 12.2. The molecule has 4 rings (SSSR count). The highest BCUT2D eigenvalue weighted by Gasteiger charge is 2.36. The number of rotatable bonds is 2. The number of aromatic nitrogens is 3. The molecule has 0 saturated heterocycles. The van der Waals surface area contributed by atoms with Gasteiger partial charge in [-0.25, -0.2) is 9.67 Å². The number of halogens is 3. The van der Waals surface area contributed by atoms with Crippen molar-refractivity contribution >= 4 is 28.0 Å². The largest absolute Gasteiger partial charge is 0.417 e. The highest BCUT2D eigenvalue weighted by Crippen LogP contribution is 2.42. The van der Waals surface area contributed by atoms with Gasteiger partial charge in [0.1, 0.15) is 5.82 Å². The van der Waals surface area contributed by atoms with Crippen molar-refractivity contribution in [1.82, 2.24) is 14.8 Å². The number of hydrogen-bond acceptors (Lipinski definition) is 4. The van der Waals surface area contributed by atoms with Crippen molar-refractivity contribution in [3.8, 4) is 0 Å². The van der Waals surface area contributed by atoms with Gasteiger partial charge in [-0.3, -0.25) is 4.90 Å². The van der Waals surface area contributed by atoms with E-state index in [0.717, 1.165) is 6.07 Å². The van der Waals surface area contributed by atoms with E-state index >= 15 is 0 Å². The molecular weight excluding hydrogens is 337 g/mol. The van der Waals surface area contributed by atoms with Crippen LogP contribution in [0.15, 0.2) is 54.2 Å². The molecule has 1 aromatic carbocycles.